The summed E-state index contributed by atoms with van der Waals surface area (Å²) in [5, 5.41) is 9.25. The molecule has 2 aliphatic rings. The van der Waals surface area contributed by atoms with Crippen LogP contribution < -0.4 is 0 Å². The SMILES string of the molecule is COC1[C@@H]2CC[C@H]1CN(Cc1ccccc1C(=O)O)C2. The molecule has 1 saturated carbocycles. The number of hydrogen-bond donors (Lipinski definition) is 1. The zero-order chi connectivity index (χ0) is 14.1. The fourth-order valence-corrected chi connectivity index (χ4v) is 3.89. The molecule has 1 aromatic carbocycles. The van der Waals surface area contributed by atoms with E-state index in [-0.39, 0.29) is 0 Å². The van der Waals surface area contributed by atoms with Crippen LogP contribution in [0, 0.1) is 11.8 Å². The minimum Gasteiger partial charge on any atom is -0.478 e. The van der Waals surface area contributed by atoms with Crippen LogP contribution in [0.3, 0.4) is 0 Å². The molecule has 108 valence electrons. The number of methoxy groups -OCH3 is 1. The average molecular weight is 275 g/mol. The number of piperidine rings is 1. The number of likely N-dealkylation sites (tertiary alicyclic amines) is 1. The Morgan fingerprint density at radius 3 is 2.55 bits per heavy atom. The first-order valence-electron chi connectivity index (χ1n) is 7.25. The van der Waals surface area contributed by atoms with E-state index >= 15 is 0 Å². The van der Waals surface area contributed by atoms with Crippen molar-refractivity contribution in [3.63, 3.8) is 0 Å². The van der Waals surface area contributed by atoms with Gasteiger partial charge >= 0.3 is 5.97 Å². The van der Waals surface area contributed by atoms with Crippen LogP contribution in [0.4, 0.5) is 0 Å². The maximum atomic E-state index is 11.3. The first-order valence-corrected chi connectivity index (χ1v) is 7.25. The van der Waals surface area contributed by atoms with Crippen molar-refractivity contribution in [1.82, 2.24) is 4.90 Å². The van der Waals surface area contributed by atoms with Crippen molar-refractivity contribution in [2.24, 2.45) is 11.8 Å². The smallest absolute Gasteiger partial charge is 0.336 e. The normalized spacial score (nSPS) is 29.6. The predicted octanol–water partition coefficient (Wildman–Crippen LogP) is 2.24. The second-order valence-electron chi connectivity index (χ2n) is 5.95. The highest BCUT2D eigenvalue weighted by Crippen LogP contribution is 2.39. The molecule has 1 aromatic rings. The summed E-state index contributed by atoms with van der Waals surface area (Å²) in [7, 11) is 1.81. The highest BCUT2D eigenvalue weighted by atomic mass is 16.5. The van der Waals surface area contributed by atoms with Crippen LogP contribution in [0.2, 0.25) is 0 Å². The Kier molecular flexibility index (Phi) is 3.76. The first kappa shape index (κ1) is 13.6. The fraction of sp³-hybridized carbons (Fsp3) is 0.562. The van der Waals surface area contributed by atoms with Gasteiger partial charge in [-0.1, -0.05) is 18.2 Å². The molecule has 3 atom stereocenters. The number of carboxylic acids is 1. The Balaban J connectivity index is 1.73. The van der Waals surface area contributed by atoms with Crippen molar-refractivity contribution in [3.8, 4) is 0 Å². The lowest BCUT2D eigenvalue weighted by Crippen LogP contribution is -2.45. The van der Waals surface area contributed by atoms with Gasteiger partial charge in [-0.15, -0.1) is 0 Å². The lowest BCUT2D eigenvalue weighted by atomic mass is 9.94. The zero-order valence-electron chi connectivity index (χ0n) is 11.8. The van der Waals surface area contributed by atoms with E-state index in [0.717, 1.165) is 25.2 Å². The molecule has 1 heterocycles. The third kappa shape index (κ3) is 2.45. The molecule has 20 heavy (non-hydrogen) atoms. The minimum absolute atomic E-state index is 0.404. The van der Waals surface area contributed by atoms with E-state index in [1.807, 2.05) is 19.2 Å². The van der Waals surface area contributed by atoms with Crippen molar-refractivity contribution in [2.45, 2.75) is 25.5 Å². The van der Waals surface area contributed by atoms with Gasteiger partial charge in [0.25, 0.3) is 0 Å². The molecule has 0 radical (unpaired) electrons. The van der Waals surface area contributed by atoms with Gasteiger partial charge in [0.2, 0.25) is 0 Å². The maximum Gasteiger partial charge on any atom is 0.336 e. The molecule has 1 aliphatic heterocycles. The van der Waals surface area contributed by atoms with Gasteiger partial charge in [0.1, 0.15) is 0 Å². The lowest BCUT2D eigenvalue weighted by molar-refractivity contribution is -0.0180. The van der Waals surface area contributed by atoms with Crippen LogP contribution >= 0.6 is 0 Å². The van der Waals surface area contributed by atoms with Crippen LogP contribution in [0.1, 0.15) is 28.8 Å². The number of rotatable bonds is 4. The number of ether oxygens (including phenoxy) is 1. The molecule has 0 aromatic heterocycles. The van der Waals surface area contributed by atoms with E-state index in [9.17, 15) is 9.90 Å². The first-order chi connectivity index (χ1) is 9.69. The molecule has 4 heteroatoms. The Morgan fingerprint density at radius 1 is 1.30 bits per heavy atom. The summed E-state index contributed by atoms with van der Waals surface area (Å²) >= 11 is 0. The molecule has 4 nitrogen and oxygen atoms in total. The molecular formula is C16H21NO3. The van der Waals surface area contributed by atoms with Crippen LogP contribution in [-0.4, -0.2) is 42.3 Å². The summed E-state index contributed by atoms with van der Waals surface area (Å²) in [6.45, 7) is 2.76. The number of nitrogens with zero attached hydrogens (tertiary/aromatic N) is 1. The quantitative estimate of drug-likeness (QED) is 0.915. The highest BCUT2D eigenvalue weighted by molar-refractivity contribution is 5.89. The Bertz CT molecular complexity index is 488. The van der Waals surface area contributed by atoms with E-state index < -0.39 is 5.97 Å². The Labute approximate surface area is 119 Å². The highest BCUT2D eigenvalue weighted by Gasteiger charge is 2.42. The van der Waals surface area contributed by atoms with Gasteiger partial charge in [-0.3, -0.25) is 4.90 Å². The molecule has 1 unspecified atom stereocenters. The van der Waals surface area contributed by atoms with Crippen molar-refractivity contribution < 1.29 is 14.6 Å². The third-order valence-corrected chi connectivity index (χ3v) is 4.74. The second-order valence-corrected chi connectivity index (χ2v) is 5.95. The summed E-state index contributed by atoms with van der Waals surface area (Å²) in [6, 6.07) is 7.31. The monoisotopic (exact) mass is 275 g/mol. The molecule has 0 amide bonds. The molecule has 2 fully saturated rings. The summed E-state index contributed by atoms with van der Waals surface area (Å²) in [6.07, 6.45) is 2.88. The molecule has 1 aliphatic carbocycles. The average Bonchev–Trinajstić information content (AvgIpc) is 2.69. The summed E-state index contributed by atoms with van der Waals surface area (Å²) < 4.78 is 5.62. The fourth-order valence-electron chi connectivity index (χ4n) is 3.89. The zero-order valence-corrected chi connectivity index (χ0v) is 11.8. The maximum absolute atomic E-state index is 11.3. The van der Waals surface area contributed by atoms with Gasteiger partial charge in [0.15, 0.2) is 0 Å². The van der Waals surface area contributed by atoms with E-state index in [0.29, 0.717) is 23.5 Å². The van der Waals surface area contributed by atoms with Crippen LogP contribution in [-0.2, 0) is 11.3 Å². The van der Waals surface area contributed by atoms with E-state index in [4.69, 9.17) is 4.74 Å². The van der Waals surface area contributed by atoms with Gasteiger partial charge in [-0.05, 0) is 36.3 Å². The third-order valence-electron chi connectivity index (χ3n) is 4.74. The lowest BCUT2D eigenvalue weighted by Gasteiger charge is -2.37. The van der Waals surface area contributed by atoms with E-state index in [1.165, 1.54) is 12.8 Å². The second kappa shape index (κ2) is 5.54. The summed E-state index contributed by atoms with van der Waals surface area (Å²) in [4.78, 5) is 13.7. The summed E-state index contributed by atoms with van der Waals surface area (Å²) in [5.74, 6) is 0.377. The molecule has 0 spiro atoms. The molecule has 3 rings (SSSR count). The summed E-state index contributed by atoms with van der Waals surface area (Å²) in [5.41, 5.74) is 1.34. The van der Waals surface area contributed by atoms with Crippen LogP contribution in [0.15, 0.2) is 24.3 Å². The molecule has 1 N–H and O–H groups in total. The number of carbonyl (C=O) groups is 1. The standard InChI is InChI=1S/C16H21NO3/c1-20-15-12-6-7-13(15)10-17(9-12)8-11-4-2-3-5-14(11)16(18)19/h2-5,12-13,15H,6-10H2,1H3,(H,18,19)/t12-,13+,15?. The van der Waals surface area contributed by atoms with Crippen molar-refractivity contribution >= 4 is 5.97 Å². The van der Waals surface area contributed by atoms with Gasteiger partial charge in [0.05, 0.1) is 11.7 Å². The van der Waals surface area contributed by atoms with Gasteiger partial charge in [-0.2, -0.15) is 0 Å². The van der Waals surface area contributed by atoms with Crippen LogP contribution in [0.25, 0.3) is 0 Å². The number of carboxylic acid groups (broad SMARTS) is 1. The number of fused-ring (bicyclic) bond motifs is 2. The number of aromatic carboxylic acids is 1. The van der Waals surface area contributed by atoms with E-state index in [2.05, 4.69) is 4.90 Å². The largest absolute Gasteiger partial charge is 0.478 e. The molecule has 1 saturated heterocycles. The topological polar surface area (TPSA) is 49.8 Å². The van der Waals surface area contributed by atoms with Crippen molar-refractivity contribution in [3.05, 3.63) is 35.4 Å². The van der Waals surface area contributed by atoms with E-state index in [1.54, 1.807) is 12.1 Å². The van der Waals surface area contributed by atoms with Gasteiger partial charge in [-0.25, -0.2) is 4.79 Å². The number of hydrogen-bond acceptors (Lipinski definition) is 3. The van der Waals surface area contributed by atoms with Gasteiger partial charge < -0.3 is 9.84 Å². The minimum atomic E-state index is -0.838. The Hall–Kier alpha value is -1.39. The molecule has 2 bridgehead atoms. The van der Waals surface area contributed by atoms with Crippen molar-refractivity contribution in [2.75, 3.05) is 20.2 Å². The molecular weight excluding hydrogens is 254 g/mol. The van der Waals surface area contributed by atoms with Crippen molar-refractivity contribution in [1.29, 1.82) is 0 Å². The predicted molar refractivity (Wildman–Crippen MR) is 75.7 cm³/mol. The Morgan fingerprint density at radius 2 is 1.95 bits per heavy atom. The number of benzene rings is 1. The van der Waals surface area contributed by atoms with Gasteiger partial charge in [0, 0.05) is 26.7 Å². The van der Waals surface area contributed by atoms with Crippen LogP contribution in [0.5, 0.6) is 0 Å².